The zero-order valence-corrected chi connectivity index (χ0v) is 9.48. The molecule has 2 N–H and O–H groups in total. The van der Waals surface area contributed by atoms with Crippen molar-refractivity contribution in [3.05, 3.63) is 24.4 Å². The standard InChI is InChI=1S/C12H15N3O2/c16-11(14-9-5-1-2-6-9)12(17)15-10-7-3-4-8-13-10/h3-4,7-9H,1-2,5-6H2,(H,14,16)(H,13,15,17). The molecule has 0 spiro atoms. The van der Waals surface area contributed by atoms with Crippen molar-refractivity contribution in [2.45, 2.75) is 31.7 Å². The molecule has 17 heavy (non-hydrogen) atoms. The lowest BCUT2D eigenvalue weighted by Crippen LogP contribution is -2.40. The van der Waals surface area contributed by atoms with Crippen LogP contribution in [0.1, 0.15) is 25.7 Å². The number of carbonyl (C=O) groups is 2. The summed E-state index contributed by atoms with van der Waals surface area (Å²) in [7, 11) is 0. The van der Waals surface area contributed by atoms with E-state index >= 15 is 0 Å². The van der Waals surface area contributed by atoms with Crippen molar-refractivity contribution in [1.29, 1.82) is 0 Å². The van der Waals surface area contributed by atoms with Crippen LogP contribution >= 0.6 is 0 Å². The Hall–Kier alpha value is -1.91. The second-order valence-corrected chi connectivity index (χ2v) is 4.12. The van der Waals surface area contributed by atoms with E-state index in [0.717, 1.165) is 25.7 Å². The molecule has 90 valence electrons. The second kappa shape index (κ2) is 5.43. The number of rotatable bonds is 2. The Morgan fingerprint density at radius 2 is 1.94 bits per heavy atom. The van der Waals surface area contributed by atoms with E-state index in [1.165, 1.54) is 0 Å². The van der Waals surface area contributed by atoms with Crippen molar-refractivity contribution in [1.82, 2.24) is 10.3 Å². The van der Waals surface area contributed by atoms with Crippen LogP contribution in [0.5, 0.6) is 0 Å². The van der Waals surface area contributed by atoms with E-state index in [9.17, 15) is 9.59 Å². The third-order valence-electron chi connectivity index (χ3n) is 2.80. The van der Waals surface area contributed by atoms with Gasteiger partial charge in [-0.3, -0.25) is 9.59 Å². The lowest BCUT2D eigenvalue weighted by Gasteiger charge is -2.11. The molecular weight excluding hydrogens is 218 g/mol. The fourth-order valence-electron chi connectivity index (χ4n) is 1.93. The van der Waals surface area contributed by atoms with Gasteiger partial charge >= 0.3 is 11.8 Å². The number of pyridine rings is 1. The Labute approximate surface area is 99.6 Å². The van der Waals surface area contributed by atoms with Gasteiger partial charge in [0.25, 0.3) is 0 Å². The van der Waals surface area contributed by atoms with E-state index in [2.05, 4.69) is 15.6 Å². The van der Waals surface area contributed by atoms with E-state index in [-0.39, 0.29) is 6.04 Å². The number of hydrogen-bond donors (Lipinski definition) is 2. The number of nitrogens with zero attached hydrogens (tertiary/aromatic N) is 1. The van der Waals surface area contributed by atoms with Gasteiger partial charge in [-0.15, -0.1) is 0 Å². The molecule has 1 aliphatic carbocycles. The minimum Gasteiger partial charge on any atom is -0.345 e. The van der Waals surface area contributed by atoms with Crippen LogP contribution in [0.15, 0.2) is 24.4 Å². The Bertz CT molecular complexity index is 399. The minimum absolute atomic E-state index is 0.150. The third-order valence-corrected chi connectivity index (χ3v) is 2.80. The van der Waals surface area contributed by atoms with Gasteiger partial charge in [0.05, 0.1) is 0 Å². The number of amides is 2. The Morgan fingerprint density at radius 1 is 1.18 bits per heavy atom. The van der Waals surface area contributed by atoms with E-state index in [1.807, 2.05) is 0 Å². The molecule has 0 unspecified atom stereocenters. The van der Waals surface area contributed by atoms with Crippen molar-refractivity contribution in [2.24, 2.45) is 0 Å². The quantitative estimate of drug-likeness (QED) is 0.751. The summed E-state index contributed by atoms with van der Waals surface area (Å²) in [5.41, 5.74) is 0. The predicted octanol–water partition coefficient (Wildman–Crippen LogP) is 1.08. The zero-order chi connectivity index (χ0) is 12.1. The first-order valence-electron chi connectivity index (χ1n) is 5.78. The molecule has 5 heteroatoms. The summed E-state index contributed by atoms with van der Waals surface area (Å²) >= 11 is 0. The van der Waals surface area contributed by atoms with Crippen LogP contribution < -0.4 is 10.6 Å². The number of anilines is 1. The van der Waals surface area contributed by atoms with Crippen LogP contribution in [-0.4, -0.2) is 22.8 Å². The highest BCUT2D eigenvalue weighted by molar-refractivity contribution is 6.39. The van der Waals surface area contributed by atoms with Gasteiger partial charge in [-0.25, -0.2) is 4.98 Å². The summed E-state index contributed by atoms with van der Waals surface area (Å²) in [6, 6.07) is 5.28. The van der Waals surface area contributed by atoms with E-state index in [0.29, 0.717) is 5.82 Å². The summed E-state index contributed by atoms with van der Waals surface area (Å²) in [5.74, 6) is -0.850. The van der Waals surface area contributed by atoms with Gasteiger partial charge in [0.15, 0.2) is 0 Å². The molecule has 1 aliphatic rings. The van der Waals surface area contributed by atoms with Gasteiger partial charge < -0.3 is 10.6 Å². The number of aromatic nitrogens is 1. The van der Waals surface area contributed by atoms with Crippen LogP contribution in [0, 0.1) is 0 Å². The molecule has 2 rings (SSSR count). The molecule has 0 radical (unpaired) electrons. The first kappa shape index (κ1) is 11.6. The maximum absolute atomic E-state index is 11.6. The average Bonchev–Trinajstić information content (AvgIpc) is 2.83. The van der Waals surface area contributed by atoms with Crippen molar-refractivity contribution >= 4 is 17.6 Å². The van der Waals surface area contributed by atoms with Crippen LogP contribution in [0.25, 0.3) is 0 Å². The molecule has 1 aromatic rings. The molecule has 0 saturated heterocycles. The maximum atomic E-state index is 11.6. The summed E-state index contributed by atoms with van der Waals surface area (Å²) in [4.78, 5) is 27.0. The fourth-order valence-corrected chi connectivity index (χ4v) is 1.93. The van der Waals surface area contributed by atoms with Gasteiger partial charge in [-0.2, -0.15) is 0 Å². The van der Waals surface area contributed by atoms with Crippen molar-refractivity contribution < 1.29 is 9.59 Å². The van der Waals surface area contributed by atoms with Gasteiger partial charge in [0.1, 0.15) is 5.82 Å². The maximum Gasteiger partial charge on any atom is 0.314 e. The number of carbonyl (C=O) groups excluding carboxylic acids is 2. The lowest BCUT2D eigenvalue weighted by atomic mass is 10.2. The smallest absolute Gasteiger partial charge is 0.314 e. The largest absolute Gasteiger partial charge is 0.345 e. The van der Waals surface area contributed by atoms with Gasteiger partial charge in [-0.05, 0) is 25.0 Å². The molecule has 1 fully saturated rings. The minimum atomic E-state index is -0.657. The second-order valence-electron chi connectivity index (χ2n) is 4.12. The third kappa shape index (κ3) is 3.27. The van der Waals surface area contributed by atoms with Gasteiger partial charge in [0.2, 0.25) is 0 Å². The van der Waals surface area contributed by atoms with E-state index in [4.69, 9.17) is 0 Å². The van der Waals surface area contributed by atoms with Crippen molar-refractivity contribution in [3.63, 3.8) is 0 Å². The molecule has 5 nitrogen and oxygen atoms in total. The lowest BCUT2D eigenvalue weighted by molar-refractivity contribution is -0.136. The summed E-state index contributed by atoms with van der Waals surface area (Å²) < 4.78 is 0. The summed E-state index contributed by atoms with van der Waals surface area (Å²) in [6.45, 7) is 0. The van der Waals surface area contributed by atoms with Gasteiger partial charge in [0, 0.05) is 12.2 Å². The van der Waals surface area contributed by atoms with Crippen LogP contribution in [0.4, 0.5) is 5.82 Å². The monoisotopic (exact) mass is 233 g/mol. The average molecular weight is 233 g/mol. The molecule has 0 bridgehead atoms. The summed E-state index contributed by atoms with van der Waals surface area (Å²) in [5, 5.41) is 5.17. The van der Waals surface area contributed by atoms with Crippen molar-refractivity contribution in [3.8, 4) is 0 Å². The highest BCUT2D eigenvalue weighted by atomic mass is 16.2. The van der Waals surface area contributed by atoms with Crippen LogP contribution in [0.2, 0.25) is 0 Å². The fraction of sp³-hybridized carbons (Fsp3) is 0.417. The molecule has 1 saturated carbocycles. The van der Waals surface area contributed by atoms with Crippen molar-refractivity contribution in [2.75, 3.05) is 5.32 Å². The topological polar surface area (TPSA) is 71.1 Å². The van der Waals surface area contributed by atoms with Crippen LogP contribution in [0.3, 0.4) is 0 Å². The Morgan fingerprint density at radius 3 is 2.59 bits per heavy atom. The zero-order valence-electron chi connectivity index (χ0n) is 9.48. The number of hydrogen-bond acceptors (Lipinski definition) is 3. The number of nitrogens with one attached hydrogen (secondary N) is 2. The highest BCUT2D eigenvalue weighted by Gasteiger charge is 2.21. The highest BCUT2D eigenvalue weighted by Crippen LogP contribution is 2.17. The Kier molecular flexibility index (Phi) is 3.69. The molecule has 1 heterocycles. The predicted molar refractivity (Wildman–Crippen MR) is 63.3 cm³/mol. The van der Waals surface area contributed by atoms with E-state index < -0.39 is 11.8 Å². The molecule has 0 atom stereocenters. The van der Waals surface area contributed by atoms with Gasteiger partial charge in [-0.1, -0.05) is 18.9 Å². The molecule has 0 aliphatic heterocycles. The summed E-state index contributed by atoms with van der Waals surface area (Å²) in [6.07, 6.45) is 5.72. The Balaban J connectivity index is 1.85. The molecule has 2 amide bonds. The van der Waals surface area contributed by atoms with Crippen LogP contribution in [-0.2, 0) is 9.59 Å². The normalized spacial score (nSPS) is 15.5. The molecule has 1 aromatic heterocycles. The molecule has 0 aromatic carbocycles. The first-order chi connectivity index (χ1) is 8.25. The SMILES string of the molecule is O=C(Nc1ccccn1)C(=O)NC1CCCC1. The first-order valence-corrected chi connectivity index (χ1v) is 5.78. The van der Waals surface area contributed by atoms with E-state index in [1.54, 1.807) is 24.4 Å². The molecular formula is C12H15N3O2.